The van der Waals surface area contributed by atoms with Crippen molar-refractivity contribution in [3.05, 3.63) is 64.5 Å². The van der Waals surface area contributed by atoms with Gasteiger partial charge in [0.25, 0.3) is 17.9 Å². The minimum atomic E-state index is -1.88. The van der Waals surface area contributed by atoms with E-state index in [1.807, 2.05) is 0 Å². The van der Waals surface area contributed by atoms with Crippen molar-refractivity contribution >= 4 is 17.8 Å². The monoisotopic (exact) mass is 524 g/mol. The third-order valence-electron chi connectivity index (χ3n) is 6.97. The summed E-state index contributed by atoms with van der Waals surface area (Å²) in [5, 5.41) is 2.57. The van der Waals surface area contributed by atoms with E-state index in [0.29, 0.717) is 12.1 Å². The lowest BCUT2D eigenvalue weighted by Crippen LogP contribution is -2.48. The Morgan fingerprint density at radius 3 is 2.14 bits per heavy atom. The summed E-state index contributed by atoms with van der Waals surface area (Å²) < 4.78 is 80.3. The van der Waals surface area contributed by atoms with E-state index in [2.05, 4.69) is 5.32 Å². The van der Waals surface area contributed by atoms with Crippen LogP contribution in [0.1, 0.15) is 33.6 Å². The third kappa shape index (κ3) is 4.51. The Balaban J connectivity index is 1.76. The molecule has 4 atom stereocenters. The first-order valence-corrected chi connectivity index (χ1v) is 11.1. The fourth-order valence-electron chi connectivity index (χ4n) is 5.33. The smallest absolute Gasteiger partial charge is 0.311 e. The van der Waals surface area contributed by atoms with Gasteiger partial charge >= 0.3 is 5.97 Å². The molecule has 0 heterocycles. The highest BCUT2D eigenvalue weighted by Gasteiger charge is 2.55. The quantitative estimate of drug-likeness (QED) is 0.440. The number of primary amides is 1. The molecule has 2 aliphatic rings. The molecule has 0 aliphatic heterocycles. The third-order valence-corrected chi connectivity index (χ3v) is 6.97. The molecule has 0 spiro atoms. The number of nitrogens with one attached hydrogen (secondary N) is 1. The summed E-state index contributed by atoms with van der Waals surface area (Å²) >= 11 is 0. The number of fused-ring (bicyclic) bond motifs is 2. The fourth-order valence-corrected chi connectivity index (χ4v) is 5.33. The summed E-state index contributed by atoms with van der Waals surface area (Å²) in [4.78, 5) is 37.2. The van der Waals surface area contributed by atoms with Crippen molar-refractivity contribution in [2.45, 2.75) is 18.9 Å². The summed E-state index contributed by atoms with van der Waals surface area (Å²) in [7, 11) is 2.29. The number of hydrogen-bond acceptors (Lipinski definition) is 5. The number of esters is 1. The van der Waals surface area contributed by atoms with E-state index in [1.54, 1.807) is 0 Å². The number of amides is 2. The number of hydrogen-bond donors (Lipinski definition) is 2. The van der Waals surface area contributed by atoms with Crippen LogP contribution in [0.25, 0.3) is 11.1 Å². The van der Waals surface area contributed by atoms with Crippen molar-refractivity contribution in [2.75, 3.05) is 14.2 Å². The van der Waals surface area contributed by atoms with Crippen LogP contribution in [0.4, 0.5) is 22.0 Å². The van der Waals surface area contributed by atoms with Gasteiger partial charge in [0.05, 0.1) is 31.3 Å². The van der Waals surface area contributed by atoms with Gasteiger partial charge in [-0.15, -0.1) is 0 Å². The van der Waals surface area contributed by atoms with Gasteiger partial charge in [0.1, 0.15) is 23.2 Å². The zero-order chi connectivity index (χ0) is 27.2. The van der Waals surface area contributed by atoms with Crippen molar-refractivity contribution in [1.29, 1.82) is 0 Å². The van der Waals surface area contributed by atoms with Gasteiger partial charge in [0, 0.05) is 40.8 Å². The minimum Gasteiger partial charge on any atom is -0.496 e. The van der Waals surface area contributed by atoms with Crippen LogP contribution in [0.3, 0.4) is 0 Å². The highest BCUT2D eigenvalue weighted by molar-refractivity contribution is 5.99. The van der Waals surface area contributed by atoms with Gasteiger partial charge in [0.2, 0.25) is 0 Å². The predicted octanol–water partition coefficient (Wildman–Crippen LogP) is 3.96. The first-order chi connectivity index (χ1) is 17.5. The molecule has 2 aliphatic carbocycles. The molecule has 4 rings (SSSR count). The SMILES string of the molecule is COC(=O)[C@H]1[C@@H]2CC(=C(F)F)[C@@H](C2)[C@H]1NC(=O)c1cc(-c2cc(C(N)=O)c(F)cc2F)c(F)cc1OC. The van der Waals surface area contributed by atoms with E-state index in [4.69, 9.17) is 15.2 Å². The number of carbonyl (C=O) groups excluding carboxylic acids is 3. The van der Waals surface area contributed by atoms with E-state index >= 15 is 0 Å². The molecule has 3 N–H and O–H groups in total. The van der Waals surface area contributed by atoms with E-state index in [9.17, 15) is 36.3 Å². The second kappa shape index (κ2) is 9.83. The maximum atomic E-state index is 14.9. The molecule has 0 aromatic heterocycles. The zero-order valence-corrected chi connectivity index (χ0v) is 19.5. The Morgan fingerprint density at radius 1 is 0.946 bits per heavy atom. The first-order valence-electron chi connectivity index (χ1n) is 11.1. The van der Waals surface area contributed by atoms with Crippen LogP contribution >= 0.6 is 0 Å². The van der Waals surface area contributed by atoms with Crippen LogP contribution in [-0.4, -0.2) is 38.0 Å². The molecule has 0 radical (unpaired) electrons. The molecule has 2 fully saturated rings. The van der Waals surface area contributed by atoms with Crippen LogP contribution in [0.2, 0.25) is 0 Å². The summed E-state index contributed by atoms with van der Waals surface area (Å²) in [5.41, 5.74) is 2.86. The Labute approximate surface area is 207 Å². The number of methoxy groups -OCH3 is 2. The second-order valence-electron chi connectivity index (χ2n) is 8.85. The number of rotatable bonds is 6. The van der Waals surface area contributed by atoms with Gasteiger partial charge < -0.3 is 20.5 Å². The lowest BCUT2D eigenvalue weighted by atomic mass is 9.81. The lowest BCUT2D eigenvalue weighted by molar-refractivity contribution is -0.147. The fraction of sp³-hybridized carbons (Fsp3) is 0.320. The predicted molar refractivity (Wildman–Crippen MR) is 119 cm³/mol. The van der Waals surface area contributed by atoms with Crippen LogP contribution < -0.4 is 15.8 Å². The molecule has 2 saturated carbocycles. The Bertz CT molecular complexity index is 1340. The molecular formula is C25H21F5N2O5. The number of halogens is 5. The molecular weight excluding hydrogens is 503 g/mol. The van der Waals surface area contributed by atoms with Gasteiger partial charge in [-0.2, -0.15) is 8.78 Å². The maximum absolute atomic E-state index is 14.9. The molecule has 7 nitrogen and oxygen atoms in total. The molecule has 2 aromatic carbocycles. The first kappa shape index (κ1) is 26.1. The highest BCUT2D eigenvalue weighted by atomic mass is 19.3. The number of carbonyl (C=O) groups is 3. The average molecular weight is 524 g/mol. The number of ether oxygens (including phenoxy) is 2. The van der Waals surface area contributed by atoms with Crippen molar-refractivity contribution in [3.63, 3.8) is 0 Å². The summed E-state index contributed by atoms with van der Waals surface area (Å²) in [6, 6.07) is 1.72. The van der Waals surface area contributed by atoms with E-state index in [-0.39, 0.29) is 29.7 Å². The lowest BCUT2D eigenvalue weighted by Gasteiger charge is -2.31. The highest BCUT2D eigenvalue weighted by Crippen LogP contribution is 2.53. The van der Waals surface area contributed by atoms with Gasteiger partial charge in [-0.05, 0) is 30.9 Å². The summed E-state index contributed by atoms with van der Waals surface area (Å²) in [5.74, 6) is -8.81. The average Bonchev–Trinajstić information content (AvgIpc) is 3.42. The van der Waals surface area contributed by atoms with Gasteiger partial charge in [0.15, 0.2) is 0 Å². The Morgan fingerprint density at radius 2 is 1.57 bits per heavy atom. The van der Waals surface area contributed by atoms with Gasteiger partial charge in [-0.3, -0.25) is 14.4 Å². The topological polar surface area (TPSA) is 108 Å². The van der Waals surface area contributed by atoms with Crippen LogP contribution in [-0.2, 0) is 9.53 Å². The van der Waals surface area contributed by atoms with Gasteiger partial charge in [-0.1, -0.05) is 0 Å². The maximum Gasteiger partial charge on any atom is 0.311 e. The van der Waals surface area contributed by atoms with Crippen molar-refractivity contribution in [2.24, 2.45) is 23.5 Å². The molecule has 2 amide bonds. The van der Waals surface area contributed by atoms with Gasteiger partial charge in [-0.25, -0.2) is 13.2 Å². The van der Waals surface area contributed by atoms with Crippen molar-refractivity contribution < 1.29 is 45.8 Å². The van der Waals surface area contributed by atoms with Crippen LogP contribution in [0.15, 0.2) is 35.9 Å². The minimum absolute atomic E-state index is 0.00477. The second-order valence-corrected chi connectivity index (χ2v) is 8.85. The van der Waals surface area contributed by atoms with Crippen LogP contribution in [0, 0.1) is 35.2 Å². The largest absolute Gasteiger partial charge is 0.496 e. The standard InChI is InChI=1S/C25H21F5N2O5/c1-36-19-8-18(28)11(10-5-14(23(31)33)17(27)7-16(10)26)6-15(19)24(34)32-21-12-3-9(4-13(12)22(29)30)20(21)25(35)37-2/h5-9,12,20-21H,3-4H2,1-2H3,(H2,31,33)(H,32,34)/t9-,12+,20-,21+/m0/s1. The molecule has 0 saturated heterocycles. The number of benzene rings is 2. The zero-order valence-electron chi connectivity index (χ0n) is 19.5. The Kier molecular flexibility index (Phi) is 6.94. The molecule has 2 aromatic rings. The number of nitrogens with two attached hydrogens (primary N) is 1. The molecule has 0 unspecified atom stereocenters. The van der Waals surface area contributed by atoms with Crippen molar-refractivity contribution in [3.8, 4) is 16.9 Å². The van der Waals surface area contributed by atoms with E-state index in [0.717, 1.165) is 26.4 Å². The Hall–Kier alpha value is -3.96. The summed E-state index contributed by atoms with van der Waals surface area (Å²) in [6.45, 7) is 0. The molecule has 37 heavy (non-hydrogen) atoms. The van der Waals surface area contributed by atoms with E-state index in [1.165, 1.54) is 0 Å². The molecule has 12 heteroatoms. The molecule has 2 bridgehead atoms. The molecule has 196 valence electrons. The normalized spacial score (nSPS) is 22.1. The summed E-state index contributed by atoms with van der Waals surface area (Å²) in [6.07, 6.45) is -1.65. The van der Waals surface area contributed by atoms with Crippen LogP contribution in [0.5, 0.6) is 5.75 Å². The van der Waals surface area contributed by atoms with E-state index < -0.39 is 81.8 Å². The van der Waals surface area contributed by atoms with Crippen molar-refractivity contribution in [1.82, 2.24) is 5.32 Å².